The fourth-order valence-electron chi connectivity index (χ4n) is 5.34. The Labute approximate surface area is 196 Å². The molecule has 4 heteroatoms. The van der Waals surface area contributed by atoms with E-state index in [-0.39, 0.29) is 5.91 Å². The van der Waals surface area contributed by atoms with Crippen LogP contribution in [-0.4, -0.2) is 36.4 Å². The van der Waals surface area contributed by atoms with Crippen molar-refractivity contribution >= 4 is 23.2 Å². The SMILES string of the molecule is Cc1cccc(-c2cccc3c2/C(=C/c2[nH]c4c(c2CCCN(C)C)CCCC4)C(=O)N3)c1. The third-order valence-corrected chi connectivity index (χ3v) is 6.92. The van der Waals surface area contributed by atoms with Crippen LogP contribution in [-0.2, 0) is 24.1 Å². The summed E-state index contributed by atoms with van der Waals surface area (Å²) in [7, 11) is 4.25. The number of fused-ring (bicyclic) bond motifs is 2. The van der Waals surface area contributed by atoms with E-state index in [0.29, 0.717) is 0 Å². The summed E-state index contributed by atoms with van der Waals surface area (Å²) in [5, 5.41) is 3.10. The average molecular weight is 440 g/mol. The fourth-order valence-corrected chi connectivity index (χ4v) is 5.34. The average Bonchev–Trinajstić information content (AvgIpc) is 3.30. The summed E-state index contributed by atoms with van der Waals surface area (Å²) < 4.78 is 0. The van der Waals surface area contributed by atoms with Crippen LogP contribution in [0.5, 0.6) is 0 Å². The van der Waals surface area contributed by atoms with Gasteiger partial charge in [0.05, 0.1) is 5.57 Å². The molecule has 0 saturated carbocycles. The summed E-state index contributed by atoms with van der Waals surface area (Å²) in [5.74, 6) is -0.0167. The zero-order valence-corrected chi connectivity index (χ0v) is 19.9. The van der Waals surface area contributed by atoms with E-state index < -0.39 is 0 Å². The molecule has 0 fully saturated rings. The van der Waals surface area contributed by atoms with E-state index in [1.165, 1.54) is 35.2 Å². The lowest BCUT2D eigenvalue weighted by Crippen LogP contribution is -2.14. The van der Waals surface area contributed by atoms with Gasteiger partial charge in [-0.05, 0) is 100 Å². The molecular formula is C29H33N3O. The first-order valence-corrected chi connectivity index (χ1v) is 12.1. The lowest BCUT2D eigenvalue weighted by Gasteiger charge is -2.14. The Hall–Kier alpha value is -3.11. The van der Waals surface area contributed by atoms with Crippen LogP contribution in [0, 0.1) is 6.92 Å². The molecule has 0 spiro atoms. The molecule has 2 aromatic carbocycles. The van der Waals surface area contributed by atoms with Crippen LogP contribution >= 0.6 is 0 Å². The van der Waals surface area contributed by atoms with Gasteiger partial charge < -0.3 is 15.2 Å². The minimum atomic E-state index is -0.0167. The predicted molar refractivity (Wildman–Crippen MR) is 137 cm³/mol. The van der Waals surface area contributed by atoms with Crippen molar-refractivity contribution < 1.29 is 4.79 Å². The highest BCUT2D eigenvalue weighted by atomic mass is 16.2. The highest BCUT2D eigenvalue weighted by molar-refractivity contribution is 6.36. The lowest BCUT2D eigenvalue weighted by molar-refractivity contribution is -0.110. The molecule has 1 aliphatic heterocycles. The zero-order chi connectivity index (χ0) is 22.9. The molecule has 1 aromatic heterocycles. The quantitative estimate of drug-likeness (QED) is 0.473. The summed E-state index contributed by atoms with van der Waals surface area (Å²) in [4.78, 5) is 19.1. The van der Waals surface area contributed by atoms with E-state index in [2.05, 4.69) is 72.6 Å². The predicted octanol–water partition coefficient (Wildman–Crippen LogP) is 5.86. The molecular weight excluding hydrogens is 406 g/mol. The minimum absolute atomic E-state index is 0.0167. The van der Waals surface area contributed by atoms with Crippen LogP contribution in [0.2, 0.25) is 0 Å². The van der Waals surface area contributed by atoms with E-state index in [9.17, 15) is 4.79 Å². The fraction of sp³-hybridized carbons (Fsp3) is 0.345. The number of hydrogen-bond donors (Lipinski definition) is 2. The topological polar surface area (TPSA) is 48.1 Å². The van der Waals surface area contributed by atoms with Gasteiger partial charge in [-0.25, -0.2) is 0 Å². The molecule has 1 amide bonds. The molecule has 5 rings (SSSR count). The Morgan fingerprint density at radius 2 is 1.88 bits per heavy atom. The normalized spacial score (nSPS) is 16.2. The first kappa shape index (κ1) is 21.7. The maximum atomic E-state index is 13.1. The van der Waals surface area contributed by atoms with Crippen LogP contribution in [0.3, 0.4) is 0 Å². The number of amides is 1. The van der Waals surface area contributed by atoms with E-state index in [0.717, 1.165) is 65.9 Å². The molecule has 33 heavy (non-hydrogen) atoms. The second kappa shape index (κ2) is 9.03. The Kier molecular flexibility index (Phi) is 5.94. The molecule has 2 heterocycles. The summed E-state index contributed by atoms with van der Waals surface area (Å²) in [6.45, 7) is 3.17. The Balaban J connectivity index is 1.60. The Bertz CT molecular complexity index is 1230. The molecule has 0 bridgehead atoms. The Morgan fingerprint density at radius 3 is 2.70 bits per heavy atom. The number of nitrogens with zero attached hydrogens (tertiary/aromatic N) is 1. The van der Waals surface area contributed by atoms with Gasteiger partial charge >= 0.3 is 0 Å². The molecule has 0 saturated heterocycles. The van der Waals surface area contributed by atoms with Gasteiger partial charge in [-0.15, -0.1) is 0 Å². The molecule has 0 unspecified atom stereocenters. The summed E-state index contributed by atoms with van der Waals surface area (Å²) in [5.41, 5.74) is 11.5. The first-order chi connectivity index (χ1) is 16.0. The van der Waals surface area contributed by atoms with E-state index in [1.807, 2.05) is 12.1 Å². The lowest BCUT2D eigenvalue weighted by atomic mass is 9.91. The van der Waals surface area contributed by atoms with Crippen LogP contribution in [0.15, 0.2) is 42.5 Å². The number of hydrogen-bond acceptors (Lipinski definition) is 2. The number of benzene rings is 2. The number of carbonyl (C=O) groups is 1. The van der Waals surface area contributed by atoms with Crippen LogP contribution in [0.1, 0.15) is 52.9 Å². The molecule has 170 valence electrons. The van der Waals surface area contributed by atoms with Gasteiger partial charge in [0.15, 0.2) is 0 Å². The van der Waals surface area contributed by atoms with Gasteiger partial charge in [-0.1, -0.05) is 42.0 Å². The second-order valence-corrected chi connectivity index (χ2v) is 9.70. The Morgan fingerprint density at radius 1 is 1.06 bits per heavy atom. The smallest absolute Gasteiger partial charge is 0.256 e. The van der Waals surface area contributed by atoms with Gasteiger partial charge in [0.2, 0.25) is 0 Å². The largest absolute Gasteiger partial charge is 0.358 e. The van der Waals surface area contributed by atoms with E-state index in [4.69, 9.17) is 0 Å². The van der Waals surface area contributed by atoms with Gasteiger partial charge in [0.25, 0.3) is 5.91 Å². The van der Waals surface area contributed by atoms with Gasteiger partial charge in [0, 0.05) is 22.6 Å². The number of anilines is 1. The number of rotatable bonds is 6. The number of aryl methyl sites for hydroxylation is 2. The summed E-state index contributed by atoms with van der Waals surface area (Å²) in [6.07, 6.45) is 9.01. The van der Waals surface area contributed by atoms with E-state index in [1.54, 1.807) is 0 Å². The maximum absolute atomic E-state index is 13.1. The third-order valence-electron chi connectivity index (χ3n) is 6.92. The van der Waals surface area contributed by atoms with Crippen LogP contribution in [0.4, 0.5) is 5.69 Å². The van der Waals surface area contributed by atoms with Gasteiger partial charge in [-0.3, -0.25) is 4.79 Å². The summed E-state index contributed by atoms with van der Waals surface area (Å²) in [6, 6.07) is 14.7. The number of nitrogens with one attached hydrogen (secondary N) is 2. The molecule has 2 N–H and O–H groups in total. The van der Waals surface area contributed by atoms with Crippen molar-refractivity contribution in [1.82, 2.24) is 9.88 Å². The highest BCUT2D eigenvalue weighted by Gasteiger charge is 2.28. The zero-order valence-electron chi connectivity index (χ0n) is 19.9. The molecule has 3 aromatic rings. The highest BCUT2D eigenvalue weighted by Crippen LogP contribution is 2.41. The second-order valence-electron chi connectivity index (χ2n) is 9.70. The molecule has 0 atom stereocenters. The molecule has 2 aliphatic rings. The molecule has 4 nitrogen and oxygen atoms in total. The minimum Gasteiger partial charge on any atom is -0.358 e. The van der Waals surface area contributed by atoms with Crippen molar-refractivity contribution in [3.8, 4) is 11.1 Å². The van der Waals surface area contributed by atoms with Crippen molar-refractivity contribution in [2.45, 2.75) is 45.4 Å². The van der Waals surface area contributed by atoms with Crippen molar-refractivity contribution in [2.24, 2.45) is 0 Å². The number of aromatic nitrogens is 1. The van der Waals surface area contributed by atoms with Crippen LogP contribution < -0.4 is 5.32 Å². The summed E-state index contributed by atoms with van der Waals surface area (Å²) >= 11 is 0. The number of H-pyrrole nitrogens is 1. The standard InChI is InChI=1S/C29H33N3O/c1-19-9-6-10-20(17-19)21-12-7-15-26-28(21)24(29(33)31-26)18-27-23(13-8-16-32(2)3)22-11-4-5-14-25(22)30-27/h6-7,9-10,12,15,17-18,30H,4-5,8,11,13-14,16H2,1-3H3,(H,31,33)/b24-18-. The van der Waals surface area contributed by atoms with Gasteiger partial charge in [0.1, 0.15) is 0 Å². The van der Waals surface area contributed by atoms with Crippen molar-refractivity contribution in [1.29, 1.82) is 0 Å². The molecule has 1 aliphatic carbocycles. The molecule has 0 radical (unpaired) electrons. The van der Waals surface area contributed by atoms with Crippen molar-refractivity contribution in [3.63, 3.8) is 0 Å². The monoisotopic (exact) mass is 439 g/mol. The van der Waals surface area contributed by atoms with Crippen LogP contribution in [0.25, 0.3) is 22.8 Å². The third kappa shape index (κ3) is 4.28. The maximum Gasteiger partial charge on any atom is 0.256 e. The van der Waals surface area contributed by atoms with Crippen molar-refractivity contribution in [2.75, 3.05) is 26.0 Å². The number of aromatic amines is 1. The van der Waals surface area contributed by atoms with Gasteiger partial charge in [-0.2, -0.15) is 0 Å². The number of carbonyl (C=O) groups excluding carboxylic acids is 1. The first-order valence-electron chi connectivity index (χ1n) is 12.1. The van der Waals surface area contributed by atoms with E-state index >= 15 is 0 Å². The van der Waals surface area contributed by atoms with Crippen molar-refractivity contribution in [3.05, 3.63) is 76.1 Å².